The van der Waals surface area contributed by atoms with Crippen LogP contribution in [0.1, 0.15) is 12.8 Å². The number of hydrogen-bond acceptors (Lipinski definition) is 5. The van der Waals surface area contributed by atoms with Gasteiger partial charge in [0.15, 0.2) is 17.5 Å². The Bertz CT molecular complexity index is 802. The molecule has 0 fully saturated rings. The highest BCUT2D eigenvalue weighted by Crippen LogP contribution is 2.36. The fraction of sp³-hybridized carbons (Fsp3) is 0.222. The molecule has 0 saturated carbocycles. The van der Waals surface area contributed by atoms with E-state index in [0.717, 1.165) is 0 Å². The molecule has 1 unspecified atom stereocenters. The molecule has 11 heteroatoms. The summed E-state index contributed by atoms with van der Waals surface area (Å²) in [6, 6.07) is 8.57. The Morgan fingerprint density at radius 3 is 2.24 bits per heavy atom. The van der Waals surface area contributed by atoms with E-state index < -0.39 is 12.0 Å². The minimum atomic E-state index is -1.00. The van der Waals surface area contributed by atoms with Gasteiger partial charge in [-0.05, 0) is 43.2 Å². The smallest absolute Gasteiger partial charge is 0.320 e. The fourth-order valence-electron chi connectivity index (χ4n) is 1.92. The van der Waals surface area contributed by atoms with Crippen LogP contribution in [0.4, 0.5) is 0 Å². The Morgan fingerprint density at radius 2 is 1.72 bits per heavy atom. The van der Waals surface area contributed by atoms with Gasteiger partial charge < -0.3 is 31.7 Å². The summed E-state index contributed by atoms with van der Waals surface area (Å²) in [7, 11) is 0. The lowest BCUT2D eigenvalue weighted by atomic mass is 10.2. The molecule has 0 radical (unpaired) electrons. The predicted octanol–water partition coefficient (Wildman–Crippen LogP) is 3.81. The third kappa shape index (κ3) is 9.58. The molecular weight excluding hydrogens is 443 g/mol. The number of hydrogen-bond donors (Lipinski definition) is 6. The SMILES string of the molecule is N=C(N)NCCCC(N)C(=O)O.Oc1cc(Cl)ccc1Oc1ccc(Cl)cc1Cl. The van der Waals surface area contributed by atoms with Gasteiger partial charge in [0.05, 0.1) is 5.02 Å². The van der Waals surface area contributed by atoms with E-state index in [9.17, 15) is 9.90 Å². The number of carboxylic acid groups (broad SMARTS) is 1. The van der Waals surface area contributed by atoms with Gasteiger partial charge in [-0.15, -0.1) is 0 Å². The molecule has 0 aliphatic rings. The number of phenols is 1. The van der Waals surface area contributed by atoms with Crippen molar-refractivity contribution in [2.24, 2.45) is 11.5 Å². The molecule has 2 aromatic rings. The number of phenolic OH excluding ortho intramolecular Hbond substituents is 1. The topological polar surface area (TPSA) is 155 Å². The van der Waals surface area contributed by atoms with Crippen molar-refractivity contribution in [3.63, 3.8) is 0 Å². The van der Waals surface area contributed by atoms with Crippen molar-refractivity contribution >= 4 is 46.7 Å². The standard InChI is InChI=1S/C12H7Cl3O2.C6H14N4O2/c13-7-1-3-11(9(15)5-7)17-12-4-2-8(14)6-10(12)16;7-4(5(11)12)2-1-3-10-6(8)9/h1-6,16H;4H,1-3,7H2,(H,11,12)(H4,8,9,10). The molecule has 0 bridgehead atoms. The molecule has 8 N–H and O–H groups in total. The quantitative estimate of drug-likeness (QED) is 0.207. The highest BCUT2D eigenvalue weighted by molar-refractivity contribution is 6.35. The van der Waals surface area contributed by atoms with E-state index in [1.165, 1.54) is 6.07 Å². The highest BCUT2D eigenvalue weighted by Gasteiger charge is 2.10. The fourth-order valence-corrected chi connectivity index (χ4v) is 2.54. The first-order valence-electron chi connectivity index (χ1n) is 8.28. The lowest BCUT2D eigenvalue weighted by Crippen LogP contribution is -2.34. The zero-order chi connectivity index (χ0) is 22.0. The van der Waals surface area contributed by atoms with E-state index in [1.54, 1.807) is 30.3 Å². The van der Waals surface area contributed by atoms with Crippen molar-refractivity contribution in [2.45, 2.75) is 18.9 Å². The number of carbonyl (C=O) groups is 1. The molecule has 0 amide bonds. The number of carboxylic acids is 1. The zero-order valence-electron chi connectivity index (χ0n) is 15.2. The monoisotopic (exact) mass is 462 g/mol. The lowest BCUT2D eigenvalue weighted by molar-refractivity contribution is -0.138. The molecule has 0 spiro atoms. The maximum atomic E-state index is 10.2. The maximum Gasteiger partial charge on any atom is 0.320 e. The van der Waals surface area contributed by atoms with E-state index in [1.807, 2.05) is 0 Å². The summed E-state index contributed by atoms with van der Waals surface area (Å²) in [5.74, 6) is -0.479. The molecule has 0 saturated heterocycles. The molecule has 1 atom stereocenters. The largest absolute Gasteiger partial charge is 0.504 e. The summed E-state index contributed by atoms with van der Waals surface area (Å²) in [6.07, 6.45) is 0.975. The first-order valence-corrected chi connectivity index (χ1v) is 9.41. The first-order chi connectivity index (χ1) is 13.6. The van der Waals surface area contributed by atoms with Gasteiger partial charge in [0.2, 0.25) is 0 Å². The van der Waals surface area contributed by atoms with Crippen LogP contribution in [0.2, 0.25) is 15.1 Å². The van der Waals surface area contributed by atoms with Gasteiger partial charge in [-0.3, -0.25) is 10.2 Å². The van der Waals surface area contributed by atoms with Crippen LogP contribution < -0.4 is 21.5 Å². The molecule has 0 aliphatic heterocycles. The van der Waals surface area contributed by atoms with E-state index in [0.29, 0.717) is 40.2 Å². The van der Waals surface area contributed by atoms with Crippen LogP contribution in [-0.2, 0) is 4.79 Å². The van der Waals surface area contributed by atoms with Gasteiger partial charge >= 0.3 is 5.97 Å². The molecular formula is C18H21Cl3N4O4. The van der Waals surface area contributed by atoms with Crippen LogP contribution in [0, 0.1) is 5.41 Å². The Hall–Kier alpha value is -2.39. The number of halogens is 3. The molecule has 8 nitrogen and oxygen atoms in total. The van der Waals surface area contributed by atoms with Crippen molar-refractivity contribution in [2.75, 3.05) is 6.54 Å². The first kappa shape index (κ1) is 24.6. The average molecular weight is 464 g/mol. The Balaban J connectivity index is 0.000000311. The van der Waals surface area contributed by atoms with Crippen LogP contribution in [0.25, 0.3) is 0 Å². The number of aromatic hydroxyl groups is 1. The molecule has 158 valence electrons. The van der Waals surface area contributed by atoms with Crippen LogP contribution in [0.3, 0.4) is 0 Å². The third-order valence-corrected chi connectivity index (χ3v) is 4.12. The van der Waals surface area contributed by atoms with E-state index in [2.05, 4.69) is 5.32 Å². The van der Waals surface area contributed by atoms with E-state index in [-0.39, 0.29) is 17.5 Å². The summed E-state index contributed by atoms with van der Waals surface area (Å²) in [6.45, 7) is 0.482. The zero-order valence-corrected chi connectivity index (χ0v) is 17.4. The van der Waals surface area contributed by atoms with Crippen molar-refractivity contribution in [1.82, 2.24) is 5.32 Å². The van der Waals surface area contributed by atoms with Crippen LogP contribution in [-0.4, -0.2) is 34.7 Å². The van der Waals surface area contributed by atoms with Crippen molar-refractivity contribution in [3.05, 3.63) is 51.5 Å². The molecule has 2 aromatic carbocycles. The summed E-state index contributed by atoms with van der Waals surface area (Å²) in [5.41, 5.74) is 10.2. The third-order valence-electron chi connectivity index (χ3n) is 3.36. The Morgan fingerprint density at radius 1 is 1.14 bits per heavy atom. The highest BCUT2D eigenvalue weighted by atomic mass is 35.5. The number of nitrogens with two attached hydrogens (primary N) is 2. The number of nitrogens with one attached hydrogen (secondary N) is 2. The number of ether oxygens (including phenoxy) is 1. The van der Waals surface area contributed by atoms with Crippen LogP contribution in [0.15, 0.2) is 36.4 Å². The minimum Gasteiger partial charge on any atom is -0.504 e. The van der Waals surface area contributed by atoms with Gasteiger partial charge in [-0.1, -0.05) is 34.8 Å². The second-order valence-corrected chi connectivity index (χ2v) is 7.00. The average Bonchev–Trinajstić information content (AvgIpc) is 2.63. The summed E-state index contributed by atoms with van der Waals surface area (Å²) in [5, 5.41) is 28.6. The molecule has 2 rings (SSSR count). The molecule has 0 aromatic heterocycles. The van der Waals surface area contributed by atoms with E-state index in [4.69, 9.17) is 61.5 Å². The van der Waals surface area contributed by atoms with Gasteiger partial charge in [0, 0.05) is 22.7 Å². The van der Waals surface area contributed by atoms with Crippen molar-refractivity contribution in [1.29, 1.82) is 5.41 Å². The Labute approximate surface area is 182 Å². The minimum absolute atomic E-state index is 0.0523. The van der Waals surface area contributed by atoms with Gasteiger partial charge in [0.25, 0.3) is 0 Å². The maximum absolute atomic E-state index is 10.2. The van der Waals surface area contributed by atoms with Crippen molar-refractivity contribution < 1.29 is 19.7 Å². The van der Waals surface area contributed by atoms with Gasteiger partial charge in [0.1, 0.15) is 11.8 Å². The molecule has 0 aliphatic carbocycles. The number of benzene rings is 2. The number of aliphatic carboxylic acids is 1. The second kappa shape index (κ2) is 12.2. The second-order valence-electron chi connectivity index (χ2n) is 5.72. The van der Waals surface area contributed by atoms with E-state index >= 15 is 0 Å². The van der Waals surface area contributed by atoms with Crippen molar-refractivity contribution in [3.8, 4) is 17.2 Å². The molecule has 29 heavy (non-hydrogen) atoms. The predicted molar refractivity (Wildman–Crippen MR) is 114 cm³/mol. The summed E-state index contributed by atoms with van der Waals surface area (Å²) < 4.78 is 5.45. The Kier molecular flexibility index (Phi) is 10.4. The lowest BCUT2D eigenvalue weighted by Gasteiger charge is -2.09. The van der Waals surface area contributed by atoms with Gasteiger partial charge in [-0.2, -0.15) is 0 Å². The normalized spacial score (nSPS) is 11.0. The number of rotatable bonds is 7. The summed E-state index contributed by atoms with van der Waals surface area (Å²) in [4.78, 5) is 10.2. The van der Waals surface area contributed by atoms with Crippen LogP contribution >= 0.6 is 34.8 Å². The van der Waals surface area contributed by atoms with Gasteiger partial charge in [-0.25, -0.2) is 0 Å². The molecule has 0 heterocycles. The number of guanidine groups is 1. The van der Waals surface area contributed by atoms with Crippen LogP contribution in [0.5, 0.6) is 17.2 Å². The summed E-state index contributed by atoms with van der Waals surface area (Å²) >= 11 is 17.4.